The fraction of sp³-hybridized carbons (Fsp3) is 0.895. The first kappa shape index (κ1) is 14.3. The summed E-state index contributed by atoms with van der Waals surface area (Å²) in [6.45, 7) is 3.81. The van der Waals surface area contributed by atoms with Crippen molar-refractivity contribution in [3.05, 3.63) is 11.6 Å². The molecule has 4 aliphatic rings. The molecule has 3 fully saturated rings. The zero-order valence-electron chi connectivity index (χ0n) is 13.4. The van der Waals surface area contributed by atoms with Gasteiger partial charge >= 0.3 is 0 Å². The first-order valence-electron chi connectivity index (χ1n) is 9.49. The number of allylic oxidation sites excluding steroid dienone is 1. The van der Waals surface area contributed by atoms with E-state index in [4.69, 9.17) is 4.74 Å². The third kappa shape index (κ3) is 2.94. The summed E-state index contributed by atoms with van der Waals surface area (Å²) in [6.07, 6.45) is 17.5. The molecule has 0 spiro atoms. The van der Waals surface area contributed by atoms with Crippen molar-refractivity contribution in [2.75, 3.05) is 19.6 Å². The molecule has 0 aromatic heterocycles. The Morgan fingerprint density at radius 2 is 1.71 bits per heavy atom. The fourth-order valence-electron chi connectivity index (χ4n) is 5.28. The van der Waals surface area contributed by atoms with Gasteiger partial charge in [-0.3, -0.25) is 0 Å². The number of rotatable bonds is 2. The zero-order chi connectivity index (χ0) is 14.1. The van der Waals surface area contributed by atoms with E-state index < -0.39 is 0 Å². The molecule has 1 saturated carbocycles. The number of piperidine rings is 1. The van der Waals surface area contributed by atoms with Crippen molar-refractivity contribution in [3.63, 3.8) is 0 Å². The topological polar surface area (TPSA) is 12.5 Å². The predicted octanol–water partition coefficient (Wildman–Crippen LogP) is 4.16. The molecule has 0 amide bonds. The van der Waals surface area contributed by atoms with Crippen molar-refractivity contribution in [3.8, 4) is 0 Å². The van der Waals surface area contributed by atoms with Crippen molar-refractivity contribution >= 4 is 0 Å². The van der Waals surface area contributed by atoms with Gasteiger partial charge in [0.1, 0.15) is 0 Å². The highest BCUT2D eigenvalue weighted by molar-refractivity contribution is 5.20. The molecule has 118 valence electrons. The van der Waals surface area contributed by atoms with Gasteiger partial charge in [0.2, 0.25) is 0 Å². The Morgan fingerprint density at radius 3 is 2.62 bits per heavy atom. The molecule has 0 unspecified atom stereocenters. The molecular formula is C19H31NO. The average Bonchev–Trinajstić information content (AvgIpc) is 2.56. The van der Waals surface area contributed by atoms with E-state index in [2.05, 4.69) is 11.0 Å². The maximum atomic E-state index is 6.68. The van der Waals surface area contributed by atoms with Gasteiger partial charge in [0.05, 0.1) is 12.2 Å². The summed E-state index contributed by atoms with van der Waals surface area (Å²) in [5.74, 6) is 1.53. The second kappa shape index (κ2) is 6.42. The molecule has 2 aliphatic heterocycles. The van der Waals surface area contributed by atoms with Crippen LogP contribution in [0.5, 0.6) is 0 Å². The summed E-state index contributed by atoms with van der Waals surface area (Å²) in [5, 5.41) is 0. The van der Waals surface area contributed by atoms with Crippen molar-refractivity contribution in [1.82, 2.24) is 4.90 Å². The first-order chi connectivity index (χ1) is 10.4. The van der Waals surface area contributed by atoms with Gasteiger partial charge in [-0.25, -0.2) is 0 Å². The van der Waals surface area contributed by atoms with Crippen LogP contribution in [0.4, 0.5) is 0 Å². The van der Waals surface area contributed by atoms with E-state index in [0.717, 1.165) is 11.8 Å². The van der Waals surface area contributed by atoms with Crippen LogP contribution in [0.15, 0.2) is 11.6 Å². The lowest BCUT2D eigenvalue weighted by molar-refractivity contribution is -0.114. The van der Waals surface area contributed by atoms with Gasteiger partial charge in [0, 0.05) is 18.4 Å². The fourth-order valence-corrected chi connectivity index (χ4v) is 5.28. The van der Waals surface area contributed by atoms with E-state index in [0.29, 0.717) is 12.2 Å². The van der Waals surface area contributed by atoms with Crippen LogP contribution in [0.2, 0.25) is 0 Å². The van der Waals surface area contributed by atoms with E-state index in [9.17, 15) is 0 Å². The highest BCUT2D eigenvalue weighted by Gasteiger charge is 2.43. The SMILES string of the molecule is C1=C2[C@@H](CCC1)[C@@H](CN1CCCCC1)O[C@H]1CCCC[C@@H]21. The minimum Gasteiger partial charge on any atom is -0.372 e. The van der Waals surface area contributed by atoms with E-state index >= 15 is 0 Å². The van der Waals surface area contributed by atoms with E-state index in [1.807, 2.05) is 5.57 Å². The molecule has 4 atom stereocenters. The van der Waals surface area contributed by atoms with Crippen LogP contribution in [0.1, 0.15) is 64.2 Å². The molecule has 2 heteroatoms. The Bertz CT molecular complexity index is 383. The third-order valence-corrected chi connectivity index (χ3v) is 6.34. The number of hydrogen-bond acceptors (Lipinski definition) is 2. The standard InChI is InChI=1S/C19H31NO/c1-6-12-20(13-7-1)14-19-17-10-3-2-8-15(17)16-9-4-5-11-18(16)21-19/h8,16-19H,1-7,9-14H2/t16-,17+,18-,19+/m0/s1. The maximum absolute atomic E-state index is 6.68. The van der Waals surface area contributed by atoms with Crippen LogP contribution in [0.25, 0.3) is 0 Å². The zero-order valence-corrected chi connectivity index (χ0v) is 13.4. The highest BCUT2D eigenvalue weighted by atomic mass is 16.5. The number of ether oxygens (including phenoxy) is 1. The molecule has 0 aromatic carbocycles. The minimum atomic E-state index is 0.494. The Labute approximate surface area is 129 Å². The van der Waals surface area contributed by atoms with Gasteiger partial charge in [-0.2, -0.15) is 0 Å². The molecule has 4 rings (SSSR count). The molecule has 0 aromatic rings. The van der Waals surface area contributed by atoms with Crippen molar-refractivity contribution in [2.24, 2.45) is 11.8 Å². The van der Waals surface area contributed by atoms with Gasteiger partial charge in [0.25, 0.3) is 0 Å². The lowest BCUT2D eigenvalue weighted by Gasteiger charge is -2.48. The van der Waals surface area contributed by atoms with E-state index in [1.165, 1.54) is 83.8 Å². The Morgan fingerprint density at radius 1 is 0.905 bits per heavy atom. The number of fused-ring (bicyclic) bond motifs is 3. The molecule has 0 bridgehead atoms. The molecule has 0 radical (unpaired) electrons. The number of hydrogen-bond donors (Lipinski definition) is 0. The summed E-state index contributed by atoms with van der Waals surface area (Å²) in [4.78, 5) is 2.68. The summed E-state index contributed by atoms with van der Waals surface area (Å²) in [5.41, 5.74) is 1.82. The maximum Gasteiger partial charge on any atom is 0.0771 e. The highest BCUT2D eigenvalue weighted by Crippen LogP contribution is 2.46. The number of nitrogens with zero attached hydrogens (tertiary/aromatic N) is 1. The normalized spacial score (nSPS) is 41.0. The van der Waals surface area contributed by atoms with E-state index in [-0.39, 0.29) is 0 Å². The first-order valence-corrected chi connectivity index (χ1v) is 9.49. The van der Waals surface area contributed by atoms with Crippen molar-refractivity contribution in [2.45, 2.75) is 76.4 Å². The Kier molecular flexibility index (Phi) is 4.36. The van der Waals surface area contributed by atoms with Crippen LogP contribution in [-0.2, 0) is 4.74 Å². The summed E-state index contributed by atoms with van der Waals surface area (Å²) < 4.78 is 6.68. The van der Waals surface area contributed by atoms with Crippen LogP contribution in [0.3, 0.4) is 0 Å². The van der Waals surface area contributed by atoms with Gasteiger partial charge in [-0.15, -0.1) is 0 Å². The quantitative estimate of drug-likeness (QED) is 0.708. The lowest BCUT2D eigenvalue weighted by atomic mass is 9.69. The van der Waals surface area contributed by atoms with Gasteiger partial charge < -0.3 is 9.64 Å². The monoisotopic (exact) mass is 289 g/mol. The molecule has 2 aliphatic carbocycles. The summed E-state index contributed by atoms with van der Waals surface area (Å²) in [7, 11) is 0. The third-order valence-electron chi connectivity index (χ3n) is 6.34. The minimum absolute atomic E-state index is 0.494. The van der Waals surface area contributed by atoms with Crippen LogP contribution in [0, 0.1) is 11.8 Å². The number of likely N-dealkylation sites (tertiary alicyclic amines) is 1. The largest absolute Gasteiger partial charge is 0.372 e. The molecule has 0 N–H and O–H groups in total. The lowest BCUT2D eigenvalue weighted by Crippen LogP contribution is -2.50. The van der Waals surface area contributed by atoms with Crippen LogP contribution in [-0.4, -0.2) is 36.7 Å². The smallest absolute Gasteiger partial charge is 0.0771 e. The van der Waals surface area contributed by atoms with Crippen LogP contribution >= 0.6 is 0 Å². The second-order valence-corrected chi connectivity index (χ2v) is 7.71. The van der Waals surface area contributed by atoms with Gasteiger partial charge in [-0.05, 0) is 58.0 Å². The van der Waals surface area contributed by atoms with Crippen molar-refractivity contribution in [1.29, 1.82) is 0 Å². The average molecular weight is 289 g/mol. The molecule has 2 heterocycles. The Hall–Kier alpha value is -0.340. The molecular weight excluding hydrogens is 258 g/mol. The van der Waals surface area contributed by atoms with Gasteiger partial charge in [0.15, 0.2) is 0 Å². The van der Waals surface area contributed by atoms with Crippen molar-refractivity contribution < 1.29 is 4.74 Å². The van der Waals surface area contributed by atoms with E-state index in [1.54, 1.807) is 0 Å². The molecule has 2 saturated heterocycles. The summed E-state index contributed by atoms with van der Waals surface area (Å²) >= 11 is 0. The van der Waals surface area contributed by atoms with Crippen LogP contribution < -0.4 is 0 Å². The Balaban J connectivity index is 1.50. The molecule has 2 nitrogen and oxygen atoms in total. The predicted molar refractivity (Wildman–Crippen MR) is 86.3 cm³/mol. The second-order valence-electron chi connectivity index (χ2n) is 7.71. The summed E-state index contributed by atoms with van der Waals surface area (Å²) in [6, 6.07) is 0. The van der Waals surface area contributed by atoms with Gasteiger partial charge in [-0.1, -0.05) is 30.9 Å². The molecule has 21 heavy (non-hydrogen) atoms.